The van der Waals surface area contributed by atoms with Crippen molar-refractivity contribution in [3.05, 3.63) is 59.7 Å². The van der Waals surface area contributed by atoms with Crippen molar-refractivity contribution >= 4 is 5.78 Å². The van der Waals surface area contributed by atoms with Crippen molar-refractivity contribution in [2.75, 3.05) is 13.7 Å². The smallest absolute Gasteiger partial charge is 0.199 e. The van der Waals surface area contributed by atoms with Gasteiger partial charge in [-0.3, -0.25) is 4.79 Å². The molecule has 0 aromatic heterocycles. The van der Waals surface area contributed by atoms with Crippen LogP contribution in [0.5, 0.6) is 11.5 Å². The van der Waals surface area contributed by atoms with Gasteiger partial charge in [0.1, 0.15) is 11.5 Å². The Bertz CT molecular complexity index is 655. The van der Waals surface area contributed by atoms with E-state index in [0.29, 0.717) is 12.0 Å². The van der Waals surface area contributed by atoms with Gasteiger partial charge in [-0.25, -0.2) is 0 Å². The lowest BCUT2D eigenvalue weighted by Gasteiger charge is -2.23. The van der Waals surface area contributed by atoms with Gasteiger partial charge in [0.15, 0.2) is 12.1 Å². The molecule has 0 saturated carbocycles. The van der Waals surface area contributed by atoms with Crippen LogP contribution in [0, 0.1) is 0 Å². The summed E-state index contributed by atoms with van der Waals surface area (Å²) in [6.07, 6.45) is 3.39. The summed E-state index contributed by atoms with van der Waals surface area (Å²) in [4.78, 5) is 12.3. The molecule has 0 radical (unpaired) electrons. The molecule has 0 aliphatic carbocycles. The zero-order chi connectivity index (χ0) is 16.8. The van der Waals surface area contributed by atoms with Crippen LogP contribution >= 0.6 is 0 Å². The van der Waals surface area contributed by atoms with Crippen LogP contribution in [-0.4, -0.2) is 25.8 Å². The molecule has 1 heterocycles. The first-order chi connectivity index (χ1) is 11.7. The normalized spacial score (nSPS) is 17.3. The van der Waals surface area contributed by atoms with E-state index in [2.05, 4.69) is 0 Å². The first kappa shape index (κ1) is 16.5. The molecule has 1 aliphatic rings. The molecule has 2 aromatic rings. The standard InChI is InChI=1S/C20H22O4/c1-22-17-11-7-16(8-12-17)19(21)14-15-5-9-18(10-6-15)24-20-4-2-3-13-23-20/h5-12,20H,2-4,13-14H2,1H3/t20-/m0/s1. The molecular weight excluding hydrogens is 304 g/mol. The molecule has 4 nitrogen and oxygen atoms in total. The molecule has 1 atom stereocenters. The summed E-state index contributed by atoms with van der Waals surface area (Å²) in [5, 5.41) is 0. The van der Waals surface area contributed by atoms with E-state index >= 15 is 0 Å². The average Bonchev–Trinajstić information content (AvgIpc) is 2.64. The summed E-state index contributed by atoms with van der Waals surface area (Å²) in [5.74, 6) is 1.61. The van der Waals surface area contributed by atoms with E-state index in [1.54, 1.807) is 31.4 Å². The zero-order valence-corrected chi connectivity index (χ0v) is 13.9. The number of rotatable bonds is 6. The van der Waals surface area contributed by atoms with E-state index in [0.717, 1.165) is 42.9 Å². The van der Waals surface area contributed by atoms with Crippen molar-refractivity contribution in [2.45, 2.75) is 32.0 Å². The topological polar surface area (TPSA) is 44.8 Å². The van der Waals surface area contributed by atoms with E-state index in [4.69, 9.17) is 14.2 Å². The fourth-order valence-electron chi connectivity index (χ4n) is 2.71. The molecular formula is C20H22O4. The van der Waals surface area contributed by atoms with Crippen LogP contribution in [0.25, 0.3) is 0 Å². The SMILES string of the molecule is COc1ccc(C(=O)Cc2ccc(O[C@H]3CCCCO3)cc2)cc1. The molecule has 1 aliphatic heterocycles. The summed E-state index contributed by atoms with van der Waals surface area (Å²) in [6.45, 7) is 0.763. The number of benzene rings is 2. The Morgan fingerprint density at radius 1 is 1.04 bits per heavy atom. The minimum Gasteiger partial charge on any atom is -0.497 e. The van der Waals surface area contributed by atoms with E-state index in [9.17, 15) is 4.79 Å². The molecule has 24 heavy (non-hydrogen) atoms. The van der Waals surface area contributed by atoms with E-state index < -0.39 is 0 Å². The maximum atomic E-state index is 12.3. The van der Waals surface area contributed by atoms with Gasteiger partial charge in [0, 0.05) is 18.4 Å². The largest absolute Gasteiger partial charge is 0.497 e. The van der Waals surface area contributed by atoms with Gasteiger partial charge in [0.2, 0.25) is 0 Å². The van der Waals surface area contributed by atoms with Crippen LogP contribution in [-0.2, 0) is 11.2 Å². The number of ether oxygens (including phenoxy) is 3. The van der Waals surface area contributed by atoms with Crippen molar-refractivity contribution < 1.29 is 19.0 Å². The minimum absolute atomic E-state index is 0.0851. The minimum atomic E-state index is -0.148. The molecule has 1 fully saturated rings. The van der Waals surface area contributed by atoms with Crippen LogP contribution in [0.3, 0.4) is 0 Å². The Labute approximate surface area is 142 Å². The summed E-state index contributed by atoms with van der Waals surface area (Å²) < 4.78 is 16.5. The third-order valence-corrected chi connectivity index (χ3v) is 4.11. The van der Waals surface area contributed by atoms with E-state index in [-0.39, 0.29) is 12.1 Å². The van der Waals surface area contributed by atoms with E-state index in [1.807, 2.05) is 24.3 Å². The van der Waals surface area contributed by atoms with Crippen molar-refractivity contribution in [1.29, 1.82) is 0 Å². The van der Waals surface area contributed by atoms with Crippen LogP contribution in [0.2, 0.25) is 0 Å². The van der Waals surface area contributed by atoms with Crippen LogP contribution in [0.15, 0.2) is 48.5 Å². The Morgan fingerprint density at radius 3 is 2.38 bits per heavy atom. The van der Waals surface area contributed by atoms with Crippen molar-refractivity contribution in [1.82, 2.24) is 0 Å². The van der Waals surface area contributed by atoms with Gasteiger partial charge >= 0.3 is 0 Å². The third-order valence-electron chi connectivity index (χ3n) is 4.11. The summed E-state index contributed by atoms with van der Waals surface area (Å²) in [5.41, 5.74) is 1.65. The van der Waals surface area contributed by atoms with Crippen LogP contribution < -0.4 is 9.47 Å². The summed E-state index contributed by atoms with van der Waals surface area (Å²) in [6, 6.07) is 14.8. The number of hydrogen-bond acceptors (Lipinski definition) is 4. The van der Waals surface area contributed by atoms with Crippen molar-refractivity contribution in [3.8, 4) is 11.5 Å². The molecule has 1 saturated heterocycles. The highest BCUT2D eigenvalue weighted by Crippen LogP contribution is 2.20. The molecule has 0 bridgehead atoms. The Hall–Kier alpha value is -2.33. The number of hydrogen-bond donors (Lipinski definition) is 0. The maximum absolute atomic E-state index is 12.3. The summed E-state index contributed by atoms with van der Waals surface area (Å²) in [7, 11) is 1.61. The second-order valence-corrected chi connectivity index (χ2v) is 5.89. The lowest BCUT2D eigenvalue weighted by Crippen LogP contribution is -2.24. The van der Waals surface area contributed by atoms with Gasteiger partial charge in [0.05, 0.1) is 13.7 Å². The second-order valence-electron chi connectivity index (χ2n) is 5.89. The molecule has 0 amide bonds. The van der Waals surface area contributed by atoms with Gasteiger partial charge in [0.25, 0.3) is 0 Å². The number of methoxy groups -OCH3 is 1. The highest BCUT2D eigenvalue weighted by Gasteiger charge is 2.15. The molecule has 0 spiro atoms. The molecule has 0 N–H and O–H groups in total. The predicted octanol–water partition coefficient (Wildman–Crippen LogP) is 4.03. The fourth-order valence-corrected chi connectivity index (χ4v) is 2.71. The van der Waals surface area contributed by atoms with Gasteiger partial charge < -0.3 is 14.2 Å². The quantitative estimate of drug-likeness (QED) is 0.752. The summed E-state index contributed by atoms with van der Waals surface area (Å²) >= 11 is 0. The predicted molar refractivity (Wildman–Crippen MR) is 91.7 cm³/mol. The van der Waals surface area contributed by atoms with Crippen molar-refractivity contribution in [2.24, 2.45) is 0 Å². The lowest BCUT2D eigenvalue weighted by molar-refractivity contribution is -0.105. The average molecular weight is 326 g/mol. The highest BCUT2D eigenvalue weighted by atomic mass is 16.7. The van der Waals surface area contributed by atoms with Crippen LogP contribution in [0.1, 0.15) is 35.2 Å². The first-order valence-corrected chi connectivity index (χ1v) is 8.29. The number of carbonyl (C=O) groups excluding carboxylic acids is 1. The van der Waals surface area contributed by atoms with E-state index in [1.165, 1.54) is 0 Å². The monoisotopic (exact) mass is 326 g/mol. The number of Topliss-reactive ketones (excluding diaryl/α,β-unsaturated/α-hetero) is 1. The van der Waals surface area contributed by atoms with Gasteiger partial charge in [-0.1, -0.05) is 12.1 Å². The lowest BCUT2D eigenvalue weighted by atomic mass is 10.0. The second kappa shape index (κ2) is 7.97. The van der Waals surface area contributed by atoms with Crippen molar-refractivity contribution in [3.63, 3.8) is 0 Å². The Balaban J connectivity index is 1.57. The van der Waals surface area contributed by atoms with Gasteiger partial charge in [-0.05, 0) is 54.8 Å². The Morgan fingerprint density at radius 2 is 1.75 bits per heavy atom. The van der Waals surface area contributed by atoms with Crippen LogP contribution in [0.4, 0.5) is 0 Å². The zero-order valence-electron chi connectivity index (χ0n) is 13.9. The van der Waals surface area contributed by atoms with Gasteiger partial charge in [-0.15, -0.1) is 0 Å². The molecule has 126 valence electrons. The molecule has 2 aromatic carbocycles. The highest BCUT2D eigenvalue weighted by molar-refractivity contribution is 5.97. The molecule has 0 unspecified atom stereocenters. The number of ketones is 1. The third kappa shape index (κ3) is 4.36. The maximum Gasteiger partial charge on any atom is 0.199 e. The number of carbonyl (C=O) groups is 1. The first-order valence-electron chi connectivity index (χ1n) is 8.29. The van der Waals surface area contributed by atoms with Gasteiger partial charge in [-0.2, -0.15) is 0 Å². The fraction of sp³-hybridized carbons (Fsp3) is 0.350. The Kier molecular flexibility index (Phi) is 5.49. The molecule has 4 heteroatoms. The molecule has 3 rings (SSSR count).